The minimum Gasteiger partial charge on any atom is -0.484 e. The van der Waals surface area contributed by atoms with Crippen molar-refractivity contribution in [3.63, 3.8) is 0 Å². The number of hydrogen-bond donors (Lipinski definition) is 2. The number of fused-ring (bicyclic) bond motifs is 1. The Kier molecular flexibility index (Phi) is 5.51. The van der Waals surface area contributed by atoms with E-state index in [9.17, 15) is 14.0 Å². The van der Waals surface area contributed by atoms with Gasteiger partial charge in [0, 0.05) is 22.2 Å². The lowest BCUT2D eigenvalue weighted by molar-refractivity contribution is -0.142. The van der Waals surface area contributed by atoms with Crippen LogP contribution in [0, 0.1) is 11.2 Å². The molecule has 2 aromatic carbocycles. The number of ether oxygens (including phenoxy) is 2. The molecule has 0 radical (unpaired) electrons. The van der Waals surface area contributed by atoms with Crippen LogP contribution in [0.5, 0.6) is 5.75 Å². The Morgan fingerprint density at radius 2 is 1.83 bits per heavy atom. The molecule has 0 heterocycles. The van der Waals surface area contributed by atoms with Crippen LogP contribution in [0.15, 0.2) is 42.5 Å². The first-order valence-electron chi connectivity index (χ1n) is 9.35. The topological polar surface area (TPSA) is 76.7 Å². The molecule has 30 heavy (non-hydrogen) atoms. The van der Waals surface area contributed by atoms with E-state index in [1.807, 2.05) is 0 Å². The van der Waals surface area contributed by atoms with E-state index >= 15 is 0 Å². The molecule has 2 saturated carbocycles. The average Bonchev–Trinajstić information content (AvgIpc) is 3.53. The monoisotopic (exact) mass is 452 g/mol. The Bertz CT molecular complexity index is 977. The Morgan fingerprint density at radius 1 is 1.10 bits per heavy atom. The van der Waals surface area contributed by atoms with Crippen molar-refractivity contribution in [2.24, 2.45) is 5.41 Å². The number of nitrogens with one attached hydrogen (secondary N) is 2. The van der Waals surface area contributed by atoms with Crippen LogP contribution in [0.1, 0.15) is 12.8 Å². The minimum atomic E-state index is -0.607. The first-order chi connectivity index (χ1) is 14.3. The molecular weight excluding hydrogens is 434 g/mol. The number of hydrogen-bond acceptors (Lipinski definition) is 5. The molecule has 2 aromatic rings. The highest BCUT2D eigenvalue weighted by Crippen LogP contribution is 2.78. The van der Waals surface area contributed by atoms with Gasteiger partial charge in [0.05, 0.1) is 17.2 Å². The normalized spacial score (nSPS) is 23.2. The van der Waals surface area contributed by atoms with Crippen LogP contribution in [0.25, 0.3) is 0 Å². The van der Waals surface area contributed by atoms with Crippen molar-refractivity contribution in [1.29, 1.82) is 0 Å². The number of benzene rings is 2. The molecule has 2 aliphatic rings. The summed E-state index contributed by atoms with van der Waals surface area (Å²) in [6.07, 6.45) is 1.53. The van der Waals surface area contributed by atoms with Gasteiger partial charge in [-0.2, -0.15) is 0 Å². The SMILES string of the molecule is O=C(COc1ccc(Cl)c(F)c1)NC12CC1(COC(=O)CNc1ccc(Cl)cc1)C2. The second-order valence-electron chi connectivity index (χ2n) is 7.65. The van der Waals surface area contributed by atoms with E-state index in [1.165, 1.54) is 12.1 Å². The maximum absolute atomic E-state index is 13.4. The smallest absolute Gasteiger partial charge is 0.325 e. The third kappa shape index (κ3) is 4.47. The maximum atomic E-state index is 13.4. The summed E-state index contributed by atoms with van der Waals surface area (Å²) < 4.78 is 24.0. The van der Waals surface area contributed by atoms with E-state index in [0.29, 0.717) is 5.02 Å². The molecule has 0 aromatic heterocycles. The fourth-order valence-electron chi connectivity index (χ4n) is 3.51. The molecular formula is C21H19Cl2FN2O4. The molecule has 4 rings (SSSR count). The molecule has 2 fully saturated rings. The molecule has 0 spiro atoms. The van der Waals surface area contributed by atoms with Crippen LogP contribution >= 0.6 is 23.2 Å². The fourth-order valence-corrected chi connectivity index (χ4v) is 3.75. The van der Waals surface area contributed by atoms with Gasteiger partial charge >= 0.3 is 5.97 Å². The van der Waals surface area contributed by atoms with Gasteiger partial charge in [0.2, 0.25) is 0 Å². The number of carbonyl (C=O) groups is 2. The van der Waals surface area contributed by atoms with Crippen LogP contribution in [-0.2, 0) is 14.3 Å². The molecule has 0 bridgehead atoms. The highest BCUT2D eigenvalue weighted by atomic mass is 35.5. The highest BCUT2D eigenvalue weighted by Gasteiger charge is 2.84. The van der Waals surface area contributed by atoms with E-state index < -0.39 is 5.82 Å². The van der Waals surface area contributed by atoms with Crippen molar-refractivity contribution in [3.8, 4) is 5.75 Å². The van der Waals surface area contributed by atoms with Crippen LogP contribution < -0.4 is 15.4 Å². The average molecular weight is 453 g/mol. The zero-order valence-electron chi connectivity index (χ0n) is 15.8. The van der Waals surface area contributed by atoms with Crippen LogP contribution in [0.2, 0.25) is 10.0 Å². The molecule has 6 nitrogen and oxygen atoms in total. The predicted molar refractivity (Wildman–Crippen MR) is 110 cm³/mol. The lowest BCUT2D eigenvalue weighted by Crippen LogP contribution is -2.35. The zero-order valence-corrected chi connectivity index (χ0v) is 17.4. The first-order valence-corrected chi connectivity index (χ1v) is 10.1. The summed E-state index contributed by atoms with van der Waals surface area (Å²) in [6.45, 7) is 0.0733. The molecule has 158 valence electrons. The number of amides is 1. The van der Waals surface area contributed by atoms with Crippen LogP contribution in [0.4, 0.5) is 10.1 Å². The summed E-state index contributed by atoms with van der Waals surface area (Å²) in [4.78, 5) is 24.1. The second kappa shape index (κ2) is 7.96. The van der Waals surface area contributed by atoms with Crippen molar-refractivity contribution < 1.29 is 23.5 Å². The van der Waals surface area contributed by atoms with Gasteiger partial charge < -0.3 is 20.1 Å². The Morgan fingerprint density at radius 3 is 2.53 bits per heavy atom. The van der Waals surface area contributed by atoms with E-state index in [4.69, 9.17) is 32.7 Å². The Hall–Kier alpha value is -2.51. The molecule has 2 N–H and O–H groups in total. The van der Waals surface area contributed by atoms with Gasteiger partial charge in [-0.3, -0.25) is 9.59 Å². The van der Waals surface area contributed by atoms with Crippen molar-refractivity contribution in [1.82, 2.24) is 5.32 Å². The third-order valence-corrected chi connectivity index (χ3v) is 6.03. The van der Waals surface area contributed by atoms with Crippen LogP contribution in [-0.4, -0.2) is 37.2 Å². The molecule has 0 unspecified atom stereocenters. The number of esters is 1. The van der Waals surface area contributed by atoms with E-state index in [2.05, 4.69) is 10.6 Å². The van der Waals surface area contributed by atoms with Gasteiger partial charge in [-0.1, -0.05) is 23.2 Å². The van der Waals surface area contributed by atoms with Crippen molar-refractivity contribution in [2.75, 3.05) is 25.1 Å². The number of rotatable bonds is 9. The summed E-state index contributed by atoms with van der Waals surface area (Å²) >= 11 is 11.4. The maximum Gasteiger partial charge on any atom is 0.325 e. The quantitative estimate of drug-likeness (QED) is 0.565. The molecule has 0 saturated heterocycles. The van der Waals surface area contributed by atoms with Gasteiger partial charge in [-0.05, 0) is 49.2 Å². The molecule has 9 heteroatoms. The van der Waals surface area contributed by atoms with Gasteiger partial charge in [0.25, 0.3) is 5.91 Å². The summed E-state index contributed by atoms with van der Waals surface area (Å²) in [7, 11) is 0. The third-order valence-electron chi connectivity index (χ3n) is 5.48. The zero-order chi connectivity index (χ0) is 21.4. The van der Waals surface area contributed by atoms with Crippen molar-refractivity contribution in [2.45, 2.75) is 18.4 Å². The summed E-state index contributed by atoms with van der Waals surface area (Å²) in [5.74, 6) is -1.06. The number of carbonyl (C=O) groups excluding carboxylic acids is 2. The van der Waals surface area contributed by atoms with E-state index in [1.54, 1.807) is 24.3 Å². The minimum absolute atomic E-state index is 0.00986. The summed E-state index contributed by atoms with van der Waals surface area (Å²) in [5, 5.41) is 6.50. The van der Waals surface area contributed by atoms with E-state index in [0.717, 1.165) is 24.6 Å². The van der Waals surface area contributed by atoms with Gasteiger partial charge in [0.15, 0.2) is 6.61 Å². The van der Waals surface area contributed by atoms with Gasteiger partial charge in [-0.25, -0.2) is 4.39 Å². The number of anilines is 1. The van der Waals surface area contributed by atoms with Gasteiger partial charge in [-0.15, -0.1) is 0 Å². The largest absolute Gasteiger partial charge is 0.484 e. The fraction of sp³-hybridized carbons (Fsp3) is 0.333. The first kappa shape index (κ1) is 20.8. The molecule has 2 aliphatic carbocycles. The standard InChI is InChI=1S/C21H19Cl2FN2O4/c22-13-1-3-14(4-2-13)25-8-19(28)30-12-20-10-21(20,11-20)26-18(27)9-29-15-5-6-16(23)17(24)7-15/h1-7,25H,8-12H2,(H,26,27). The number of halogens is 3. The predicted octanol–water partition coefficient (Wildman–Crippen LogP) is 3.82. The Labute approximate surface area is 182 Å². The second-order valence-corrected chi connectivity index (χ2v) is 8.49. The van der Waals surface area contributed by atoms with E-state index in [-0.39, 0.29) is 53.4 Å². The lowest BCUT2D eigenvalue weighted by atomic mass is 10.2. The van der Waals surface area contributed by atoms with Crippen molar-refractivity contribution >= 4 is 40.8 Å². The van der Waals surface area contributed by atoms with Gasteiger partial charge in [0.1, 0.15) is 18.1 Å². The lowest BCUT2D eigenvalue weighted by Gasteiger charge is -2.09. The highest BCUT2D eigenvalue weighted by molar-refractivity contribution is 6.31. The van der Waals surface area contributed by atoms with Crippen LogP contribution in [0.3, 0.4) is 0 Å². The van der Waals surface area contributed by atoms with Crippen molar-refractivity contribution in [3.05, 3.63) is 58.3 Å². The summed E-state index contributed by atoms with van der Waals surface area (Å²) in [6, 6.07) is 11.0. The Balaban J connectivity index is 1.16. The molecule has 1 amide bonds. The summed E-state index contributed by atoms with van der Waals surface area (Å²) in [5.41, 5.74) is 0.280. The molecule has 0 aliphatic heterocycles. The molecule has 0 atom stereocenters.